The average molecular weight is 297 g/mol. The standard InChI is InChI=1S/C18H29ClO/c1-3-12-18(15-10-6-5-7-11-15)14-9-8-13-17(18,4-2)16(19)20/h3,15H,1,4-14H2,2H3. The van der Waals surface area contributed by atoms with Gasteiger partial charge in [-0.2, -0.15) is 0 Å². The molecule has 0 aromatic heterocycles. The number of carbonyl (C=O) groups excluding carboxylic acids is 1. The predicted molar refractivity (Wildman–Crippen MR) is 85.9 cm³/mol. The first-order valence-electron chi connectivity index (χ1n) is 8.44. The Hall–Kier alpha value is -0.300. The van der Waals surface area contributed by atoms with E-state index in [1.54, 1.807) is 0 Å². The lowest BCUT2D eigenvalue weighted by Gasteiger charge is -2.56. The fourth-order valence-corrected chi connectivity index (χ4v) is 5.71. The highest BCUT2D eigenvalue weighted by Gasteiger charge is 2.57. The molecule has 0 N–H and O–H groups in total. The van der Waals surface area contributed by atoms with Crippen LogP contribution in [0.1, 0.15) is 77.6 Å². The molecule has 0 saturated heterocycles. The Morgan fingerprint density at radius 3 is 2.40 bits per heavy atom. The Bertz CT molecular complexity index is 358. The van der Waals surface area contributed by atoms with Crippen LogP contribution in [0.3, 0.4) is 0 Å². The fourth-order valence-electron chi connectivity index (χ4n) is 5.29. The molecule has 0 aromatic carbocycles. The highest BCUT2D eigenvalue weighted by atomic mass is 35.5. The molecule has 0 aliphatic heterocycles. The molecule has 2 fully saturated rings. The van der Waals surface area contributed by atoms with Crippen LogP contribution in [0.5, 0.6) is 0 Å². The van der Waals surface area contributed by atoms with Gasteiger partial charge < -0.3 is 0 Å². The second-order valence-electron chi connectivity index (χ2n) is 6.90. The van der Waals surface area contributed by atoms with Gasteiger partial charge in [0.2, 0.25) is 5.24 Å². The number of allylic oxidation sites excluding steroid dienone is 1. The number of carbonyl (C=O) groups is 1. The minimum absolute atomic E-state index is 0.0767. The largest absolute Gasteiger partial charge is 0.281 e. The molecule has 2 aliphatic rings. The lowest BCUT2D eigenvalue weighted by atomic mass is 9.47. The lowest BCUT2D eigenvalue weighted by Crippen LogP contribution is -2.52. The van der Waals surface area contributed by atoms with Crippen LogP contribution < -0.4 is 0 Å². The van der Waals surface area contributed by atoms with E-state index < -0.39 is 0 Å². The van der Waals surface area contributed by atoms with Gasteiger partial charge in [0.25, 0.3) is 0 Å². The van der Waals surface area contributed by atoms with Gasteiger partial charge in [0.05, 0.1) is 5.41 Å². The molecule has 2 unspecified atom stereocenters. The summed E-state index contributed by atoms with van der Waals surface area (Å²) in [5, 5.41) is -0.0767. The summed E-state index contributed by atoms with van der Waals surface area (Å²) >= 11 is 6.18. The maximum atomic E-state index is 12.4. The SMILES string of the molecule is C=CCC1(C2CCCCC2)CCCCC1(CC)C(=O)Cl. The molecule has 20 heavy (non-hydrogen) atoms. The molecular formula is C18H29ClO. The van der Waals surface area contributed by atoms with Crippen LogP contribution in [0, 0.1) is 16.7 Å². The van der Waals surface area contributed by atoms with Crippen molar-refractivity contribution in [3.05, 3.63) is 12.7 Å². The van der Waals surface area contributed by atoms with Crippen LogP contribution in [0.15, 0.2) is 12.7 Å². The molecular weight excluding hydrogens is 268 g/mol. The Labute approximate surface area is 129 Å². The van der Waals surface area contributed by atoms with Gasteiger partial charge in [0, 0.05) is 0 Å². The van der Waals surface area contributed by atoms with Gasteiger partial charge in [0.15, 0.2) is 0 Å². The van der Waals surface area contributed by atoms with Gasteiger partial charge in [-0.3, -0.25) is 4.79 Å². The van der Waals surface area contributed by atoms with Crippen molar-refractivity contribution in [1.29, 1.82) is 0 Å². The van der Waals surface area contributed by atoms with E-state index in [0.29, 0.717) is 5.92 Å². The van der Waals surface area contributed by atoms with Crippen molar-refractivity contribution in [3.8, 4) is 0 Å². The van der Waals surface area contributed by atoms with Crippen molar-refractivity contribution < 1.29 is 4.79 Å². The van der Waals surface area contributed by atoms with Crippen molar-refractivity contribution in [2.24, 2.45) is 16.7 Å². The molecule has 0 bridgehead atoms. The van der Waals surface area contributed by atoms with Crippen LogP contribution >= 0.6 is 11.6 Å². The molecule has 0 spiro atoms. The third kappa shape index (κ3) is 2.47. The highest BCUT2D eigenvalue weighted by Crippen LogP contribution is 2.62. The third-order valence-corrected chi connectivity index (χ3v) is 6.67. The quantitative estimate of drug-likeness (QED) is 0.458. The molecule has 0 aromatic rings. The van der Waals surface area contributed by atoms with Crippen molar-refractivity contribution in [1.82, 2.24) is 0 Å². The first-order valence-corrected chi connectivity index (χ1v) is 8.81. The topological polar surface area (TPSA) is 17.1 Å². The first-order chi connectivity index (χ1) is 9.63. The summed E-state index contributed by atoms with van der Waals surface area (Å²) < 4.78 is 0. The van der Waals surface area contributed by atoms with E-state index in [1.165, 1.54) is 38.5 Å². The Morgan fingerprint density at radius 1 is 1.20 bits per heavy atom. The molecule has 2 aliphatic carbocycles. The average Bonchev–Trinajstić information content (AvgIpc) is 2.48. The summed E-state index contributed by atoms with van der Waals surface area (Å²) in [4.78, 5) is 12.4. The molecule has 1 nitrogen and oxygen atoms in total. The van der Waals surface area contributed by atoms with Crippen molar-refractivity contribution in [2.45, 2.75) is 77.6 Å². The zero-order chi connectivity index (χ0) is 14.6. The normalized spacial score (nSPS) is 35.7. The Kier molecular flexibility index (Phi) is 5.34. The summed E-state index contributed by atoms with van der Waals surface area (Å²) in [5.41, 5.74) is -0.218. The van der Waals surface area contributed by atoms with E-state index in [0.717, 1.165) is 32.1 Å². The summed E-state index contributed by atoms with van der Waals surface area (Å²) in [6, 6.07) is 0. The van der Waals surface area contributed by atoms with Gasteiger partial charge in [-0.05, 0) is 61.5 Å². The van der Waals surface area contributed by atoms with E-state index in [9.17, 15) is 4.79 Å². The van der Waals surface area contributed by atoms with E-state index in [-0.39, 0.29) is 16.1 Å². The van der Waals surface area contributed by atoms with E-state index in [2.05, 4.69) is 13.5 Å². The van der Waals surface area contributed by atoms with E-state index >= 15 is 0 Å². The Morgan fingerprint density at radius 2 is 1.85 bits per heavy atom. The van der Waals surface area contributed by atoms with E-state index in [1.807, 2.05) is 6.08 Å². The van der Waals surface area contributed by atoms with Crippen LogP contribution in [0.4, 0.5) is 0 Å². The number of halogens is 1. The van der Waals surface area contributed by atoms with Crippen molar-refractivity contribution >= 4 is 16.8 Å². The van der Waals surface area contributed by atoms with Crippen LogP contribution in [0.2, 0.25) is 0 Å². The molecule has 0 amide bonds. The summed E-state index contributed by atoms with van der Waals surface area (Å²) in [6.07, 6.45) is 15.0. The highest BCUT2D eigenvalue weighted by molar-refractivity contribution is 6.64. The van der Waals surface area contributed by atoms with Crippen LogP contribution in [0.25, 0.3) is 0 Å². The van der Waals surface area contributed by atoms with E-state index in [4.69, 9.17) is 11.6 Å². The van der Waals surface area contributed by atoms with Gasteiger partial charge in [0.1, 0.15) is 0 Å². The summed E-state index contributed by atoms with van der Waals surface area (Å²) in [6.45, 7) is 6.16. The van der Waals surface area contributed by atoms with Crippen molar-refractivity contribution in [3.63, 3.8) is 0 Å². The summed E-state index contributed by atoms with van der Waals surface area (Å²) in [7, 11) is 0. The molecule has 2 heteroatoms. The zero-order valence-electron chi connectivity index (χ0n) is 12.9. The molecule has 114 valence electrons. The first kappa shape index (κ1) is 16.1. The van der Waals surface area contributed by atoms with Gasteiger partial charge >= 0.3 is 0 Å². The van der Waals surface area contributed by atoms with Gasteiger partial charge in [-0.25, -0.2) is 0 Å². The number of rotatable bonds is 5. The Balaban J connectivity index is 2.44. The van der Waals surface area contributed by atoms with Crippen LogP contribution in [-0.4, -0.2) is 5.24 Å². The molecule has 2 rings (SSSR count). The van der Waals surface area contributed by atoms with Crippen molar-refractivity contribution in [2.75, 3.05) is 0 Å². The fraction of sp³-hybridized carbons (Fsp3) is 0.833. The molecule has 2 atom stereocenters. The van der Waals surface area contributed by atoms with Crippen LogP contribution in [-0.2, 0) is 4.79 Å². The monoisotopic (exact) mass is 296 g/mol. The lowest BCUT2D eigenvalue weighted by molar-refractivity contribution is -0.141. The third-order valence-electron chi connectivity index (χ3n) is 6.30. The maximum Gasteiger partial charge on any atom is 0.228 e. The summed E-state index contributed by atoms with van der Waals surface area (Å²) in [5.74, 6) is 0.664. The number of hydrogen-bond donors (Lipinski definition) is 0. The zero-order valence-corrected chi connectivity index (χ0v) is 13.7. The second-order valence-corrected chi connectivity index (χ2v) is 7.24. The smallest absolute Gasteiger partial charge is 0.228 e. The minimum Gasteiger partial charge on any atom is -0.281 e. The molecule has 0 radical (unpaired) electrons. The molecule has 2 saturated carbocycles. The maximum absolute atomic E-state index is 12.4. The minimum atomic E-state index is -0.303. The van der Waals surface area contributed by atoms with Gasteiger partial charge in [-0.15, -0.1) is 6.58 Å². The second kappa shape index (κ2) is 6.64. The predicted octanol–water partition coefficient (Wildman–Crippen LogP) is 5.87. The number of hydrogen-bond acceptors (Lipinski definition) is 1. The molecule has 0 heterocycles. The van der Waals surface area contributed by atoms with Gasteiger partial charge in [-0.1, -0.05) is 45.1 Å².